The Morgan fingerprint density at radius 3 is 1.78 bits per heavy atom. The Morgan fingerprint density at radius 2 is 1.37 bits per heavy atom. The summed E-state index contributed by atoms with van der Waals surface area (Å²) in [4.78, 5) is 23.2. The molecule has 27 heavy (non-hydrogen) atoms. The molecule has 0 bridgehead atoms. The van der Waals surface area contributed by atoms with E-state index >= 15 is 0 Å². The number of nitrogens with one attached hydrogen (secondary N) is 1. The lowest BCUT2D eigenvalue weighted by Crippen LogP contribution is -2.36. The summed E-state index contributed by atoms with van der Waals surface area (Å²) in [6.07, 6.45) is -5.78. The Bertz CT molecular complexity index is 868. The number of benzene rings is 2. The number of halogens is 7. The minimum Gasteiger partial charge on any atom is -0.479 e. The van der Waals surface area contributed by atoms with Crippen molar-refractivity contribution in [3.8, 4) is 0 Å². The van der Waals surface area contributed by atoms with E-state index in [0.717, 1.165) is 0 Å². The smallest absolute Gasteiger partial charge is 0.422 e. The quantitative estimate of drug-likeness (QED) is 0.611. The SMILES string of the molecule is O=C(NC(C(=O)O)c1c(F)c(F)c(C(F)(F)F)c(F)c1F)c1ccccc1. The minimum absolute atomic E-state index is 0.169. The molecule has 2 aromatic rings. The average Bonchev–Trinajstić information content (AvgIpc) is 2.58. The van der Waals surface area contributed by atoms with Crippen LogP contribution in [0.5, 0.6) is 0 Å². The van der Waals surface area contributed by atoms with Gasteiger partial charge in [-0.3, -0.25) is 4.79 Å². The molecule has 2 rings (SSSR count). The summed E-state index contributed by atoms with van der Waals surface area (Å²) in [5.74, 6) is -14.2. The Hall–Kier alpha value is -3.11. The number of amides is 1. The normalized spacial score (nSPS) is 12.6. The zero-order valence-electron chi connectivity index (χ0n) is 12.9. The molecular formula is C16H8F7NO3. The molecule has 2 aromatic carbocycles. The number of aliphatic carboxylic acids is 1. The van der Waals surface area contributed by atoms with Crippen molar-refractivity contribution in [3.63, 3.8) is 0 Å². The minimum atomic E-state index is -5.78. The van der Waals surface area contributed by atoms with E-state index in [1.54, 1.807) is 5.32 Å². The third-order valence-corrected chi connectivity index (χ3v) is 3.43. The topological polar surface area (TPSA) is 66.4 Å². The predicted molar refractivity (Wildman–Crippen MR) is 75.6 cm³/mol. The summed E-state index contributed by atoms with van der Waals surface area (Å²) >= 11 is 0. The van der Waals surface area contributed by atoms with Crippen LogP contribution in [-0.2, 0) is 11.0 Å². The first kappa shape index (κ1) is 20.2. The van der Waals surface area contributed by atoms with Gasteiger partial charge in [0.2, 0.25) is 0 Å². The van der Waals surface area contributed by atoms with Crippen LogP contribution in [-0.4, -0.2) is 17.0 Å². The summed E-state index contributed by atoms with van der Waals surface area (Å²) in [5.41, 5.74) is -4.92. The molecule has 0 aliphatic heterocycles. The average molecular weight is 395 g/mol. The van der Waals surface area contributed by atoms with Crippen molar-refractivity contribution >= 4 is 11.9 Å². The second kappa shape index (κ2) is 7.25. The van der Waals surface area contributed by atoms with Gasteiger partial charge in [0.05, 0.1) is 5.56 Å². The number of rotatable bonds is 4. The first-order chi connectivity index (χ1) is 12.5. The Morgan fingerprint density at radius 1 is 0.889 bits per heavy atom. The fraction of sp³-hybridized carbons (Fsp3) is 0.125. The molecule has 0 radical (unpaired) electrons. The third kappa shape index (κ3) is 3.86. The highest BCUT2D eigenvalue weighted by Crippen LogP contribution is 2.38. The molecule has 0 heterocycles. The van der Waals surface area contributed by atoms with E-state index in [-0.39, 0.29) is 5.56 Å². The number of carbonyl (C=O) groups is 2. The summed E-state index contributed by atoms with van der Waals surface area (Å²) in [7, 11) is 0. The fourth-order valence-electron chi connectivity index (χ4n) is 2.21. The molecule has 0 aromatic heterocycles. The fourth-order valence-corrected chi connectivity index (χ4v) is 2.21. The van der Waals surface area contributed by atoms with Crippen LogP contribution in [0.2, 0.25) is 0 Å². The van der Waals surface area contributed by atoms with Gasteiger partial charge in [-0.05, 0) is 12.1 Å². The maximum absolute atomic E-state index is 14.0. The number of hydrogen-bond acceptors (Lipinski definition) is 2. The molecule has 144 valence electrons. The van der Waals surface area contributed by atoms with Gasteiger partial charge >= 0.3 is 12.1 Å². The van der Waals surface area contributed by atoms with Crippen molar-refractivity contribution in [1.82, 2.24) is 5.32 Å². The number of alkyl halides is 3. The molecule has 0 saturated heterocycles. The molecule has 1 unspecified atom stereocenters. The van der Waals surface area contributed by atoms with Gasteiger partial charge in [-0.1, -0.05) is 18.2 Å². The van der Waals surface area contributed by atoms with Crippen LogP contribution in [0.3, 0.4) is 0 Å². The van der Waals surface area contributed by atoms with Crippen LogP contribution in [0.4, 0.5) is 30.7 Å². The lowest BCUT2D eigenvalue weighted by molar-refractivity contribution is -0.143. The van der Waals surface area contributed by atoms with E-state index < -0.39 is 58.5 Å². The van der Waals surface area contributed by atoms with Crippen molar-refractivity contribution in [2.45, 2.75) is 12.2 Å². The summed E-state index contributed by atoms with van der Waals surface area (Å²) < 4.78 is 93.1. The molecule has 0 spiro atoms. The first-order valence-electron chi connectivity index (χ1n) is 6.98. The lowest BCUT2D eigenvalue weighted by atomic mass is 10.0. The Kier molecular flexibility index (Phi) is 5.43. The highest BCUT2D eigenvalue weighted by atomic mass is 19.4. The second-order valence-electron chi connectivity index (χ2n) is 5.15. The van der Waals surface area contributed by atoms with Crippen LogP contribution >= 0.6 is 0 Å². The highest BCUT2D eigenvalue weighted by Gasteiger charge is 2.44. The van der Waals surface area contributed by atoms with E-state index in [4.69, 9.17) is 5.11 Å². The van der Waals surface area contributed by atoms with Gasteiger partial charge in [0, 0.05) is 5.56 Å². The predicted octanol–water partition coefficient (Wildman–Crippen LogP) is 3.82. The molecule has 1 atom stereocenters. The van der Waals surface area contributed by atoms with Crippen molar-refractivity contribution in [2.75, 3.05) is 0 Å². The molecule has 0 aliphatic rings. The number of carbonyl (C=O) groups excluding carboxylic acids is 1. The zero-order chi connectivity index (χ0) is 20.5. The standard InChI is InChI=1S/C16H8F7NO3/c17-9-7(10(18)12(20)8(11(9)19)16(21,22)23)13(15(26)27)24-14(25)6-4-2-1-3-5-6/h1-5,13H,(H,24,25)(H,26,27). The summed E-state index contributed by atoms with van der Waals surface area (Å²) in [5, 5.41) is 10.7. The zero-order valence-corrected chi connectivity index (χ0v) is 12.9. The van der Waals surface area contributed by atoms with Gasteiger partial charge in [-0.25, -0.2) is 22.4 Å². The van der Waals surface area contributed by atoms with E-state index in [0.29, 0.717) is 0 Å². The molecule has 11 heteroatoms. The number of hydrogen-bond donors (Lipinski definition) is 2. The molecule has 0 fully saturated rings. The maximum Gasteiger partial charge on any atom is 0.422 e. The third-order valence-electron chi connectivity index (χ3n) is 3.43. The number of carboxylic acids is 1. The van der Waals surface area contributed by atoms with Gasteiger partial charge < -0.3 is 10.4 Å². The van der Waals surface area contributed by atoms with Crippen LogP contribution in [0, 0.1) is 23.3 Å². The van der Waals surface area contributed by atoms with Gasteiger partial charge in [0.25, 0.3) is 5.91 Å². The van der Waals surface area contributed by atoms with Gasteiger partial charge in [0.1, 0.15) is 5.56 Å². The Balaban J connectivity index is 2.59. The largest absolute Gasteiger partial charge is 0.479 e. The van der Waals surface area contributed by atoms with E-state index in [1.807, 2.05) is 0 Å². The van der Waals surface area contributed by atoms with Crippen LogP contribution in [0.1, 0.15) is 27.5 Å². The second-order valence-corrected chi connectivity index (χ2v) is 5.15. The van der Waals surface area contributed by atoms with E-state index in [1.165, 1.54) is 30.3 Å². The molecular weight excluding hydrogens is 387 g/mol. The van der Waals surface area contributed by atoms with Crippen LogP contribution in [0.25, 0.3) is 0 Å². The van der Waals surface area contributed by atoms with Crippen molar-refractivity contribution in [3.05, 3.63) is 70.3 Å². The first-order valence-corrected chi connectivity index (χ1v) is 6.98. The molecule has 0 saturated carbocycles. The van der Waals surface area contributed by atoms with Crippen molar-refractivity contribution < 1.29 is 45.4 Å². The number of carboxylic acid groups (broad SMARTS) is 1. The van der Waals surface area contributed by atoms with Crippen molar-refractivity contribution in [2.24, 2.45) is 0 Å². The van der Waals surface area contributed by atoms with E-state index in [2.05, 4.69) is 0 Å². The summed E-state index contributed by atoms with van der Waals surface area (Å²) in [6.45, 7) is 0. The Labute approximate surface area is 146 Å². The van der Waals surface area contributed by atoms with Gasteiger partial charge in [-0.15, -0.1) is 0 Å². The van der Waals surface area contributed by atoms with Gasteiger partial charge in [-0.2, -0.15) is 13.2 Å². The van der Waals surface area contributed by atoms with Crippen molar-refractivity contribution in [1.29, 1.82) is 0 Å². The molecule has 0 aliphatic carbocycles. The molecule has 2 N–H and O–H groups in total. The summed E-state index contributed by atoms with van der Waals surface area (Å²) in [6, 6.07) is 3.91. The molecule has 4 nitrogen and oxygen atoms in total. The monoisotopic (exact) mass is 395 g/mol. The molecule has 1 amide bonds. The van der Waals surface area contributed by atoms with Crippen LogP contribution in [0.15, 0.2) is 30.3 Å². The van der Waals surface area contributed by atoms with Gasteiger partial charge in [0.15, 0.2) is 29.3 Å². The lowest BCUT2D eigenvalue weighted by Gasteiger charge is -2.19. The van der Waals surface area contributed by atoms with E-state index in [9.17, 15) is 40.3 Å². The maximum atomic E-state index is 14.0. The van der Waals surface area contributed by atoms with Crippen LogP contribution < -0.4 is 5.32 Å². The highest BCUT2D eigenvalue weighted by molar-refractivity contribution is 5.96.